The van der Waals surface area contributed by atoms with Crippen LogP contribution in [0.2, 0.25) is 0 Å². The lowest BCUT2D eigenvalue weighted by Crippen LogP contribution is -2.40. The van der Waals surface area contributed by atoms with Crippen LogP contribution in [-0.2, 0) is 6.54 Å². The zero-order chi connectivity index (χ0) is 18.2. The monoisotopic (exact) mass is 359 g/mol. The van der Waals surface area contributed by atoms with Gasteiger partial charge in [-0.15, -0.1) is 11.3 Å². The van der Waals surface area contributed by atoms with Gasteiger partial charge in [-0.2, -0.15) is 0 Å². The van der Waals surface area contributed by atoms with Crippen LogP contribution >= 0.6 is 11.3 Å². The first-order valence-corrected chi connectivity index (χ1v) is 9.78. The minimum Gasteiger partial charge on any atom is -0.318 e. The average Bonchev–Trinajstić information content (AvgIpc) is 3.06. The summed E-state index contributed by atoms with van der Waals surface area (Å²) in [5.41, 5.74) is 3.17. The molecule has 2 aromatic rings. The standard InChI is InChI=1S/C20H29N3OS/c1-5-22(6-2)9-10-23(15-19-8-7-11-25-19)20(24)21-18-13-16(3)12-17(4)14-18/h7-8,11-14H,5-6,9-10,15H2,1-4H3,(H,21,24). The van der Waals surface area contributed by atoms with Gasteiger partial charge in [-0.25, -0.2) is 4.79 Å². The molecule has 2 amide bonds. The van der Waals surface area contributed by atoms with E-state index < -0.39 is 0 Å². The molecule has 0 spiro atoms. The number of hydrogen-bond acceptors (Lipinski definition) is 3. The van der Waals surface area contributed by atoms with Crippen molar-refractivity contribution in [3.8, 4) is 0 Å². The summed E-state index contributed by atoms with van der Waals surface area (Å²) in [6, 6.07) is 10.2. The number of anilines is 1. The van der Waals surface area contributed by atoms with Crippen LogP contribution in [0.4, 0.5) is 10.5 Å². The van der Waals surface area contributed by atoms with Gasteiger partial charge in [0.2, 0.25) is 0 Å². The summed E-state index contributed by atoms with van der Waals surface area (Å²) >= 11 is 1.69. The Hall–Kier alpha value is -1.85. The Balaban J connectivity index is 2.07. The van der Waals surface area contributed by atoms with E-state index in [2.05, 4.69) is 41.6 Å². The predicted octanol–water partition coefficient (Wildman–Crippen LogP) is 4.74. The first-order valence-electron chi connectivity index (χ1n) is 8.90. The molecule has 0 aliphatic heterocycles. The molecule has 136 valence electrons. The number of amides is 2. The molecule has 0 bridgehead atoms. The number of urea groups is 1. The minimum atomic E-state index is -0.0365. The molecule has 0 unspecified atom stereocenters. The van der Waals surface area contributed by atoms with Gasteiger partial charge in [0.1, 0.15) is 0 Å². The number of rotatable bonds is 8. The third-order valence-corrected chi connectivity index (χ3v) is 5.13. The van der Waals surface area contributed by atoms with Crippen molar-refractivity contribution < 1.29 is 4.79 Å². The van der Waals surface area contributed by atoms with Gasteiger partial charge in [0, 0.05) is 23.7 Å². The number of hydrogen-bond donors (Lipinski definition) is 1. The number of aryl methyl sites for hydroxylation is 2. The van der Waals surface area contributed by atoms with Gasteiger partial charge >= 0.3 is 6.03 Å². The second-order valence-electron chi connectivity index (χ2n) is 6.33. The van der Waals surface area contributed by atoms with Crippen LogP contribution in [0, 0.1) is 13.8 Å². The van der Waals surface area contributed by atoms with E-state index >= 15 is 0 Å². The van der Waals surface area contributed by atoms with E-state index in [0.29, 0.717) is 6.54 Å². The molecule has 1 aromatic heterocycles. The molecule has 1 heterocycles. The number of carbonyl (C=O) groups is 1. The van der Waals surface area contributed by atoms with Gasteiger partial charge in [0.05, 0.1) is 6.54 Å². The predicted molar refractivity (Wildman–Crippen MR) is 107 cm³/mol. The normalized spacial score (nSPS) is 10.9. The van der Waals surface area contributed by atoms with Crippen LogP contribution in [0.15, 0.2) is 35.7 Å². The number of nitrogens with zero attached hydrogens (tertiary/aromatic N) is 2. The van der Waals surface area contributed by atoms with Crippen molar-refractivity contribution in [3.05, 3.63) is 51.7 Å². The molecular formula is C20H29N3OS. The average molecular weight is 360 g/mol. The Labute approximate surface area is 155 Å². The summed E-state index contributed by atoms with van der Waals surface area (Å²) in [4.78, 5) is 18.3. The summed E-state index contributed by atoms with van der Waals surface area (Å²) < 4.78 is 0. The SMILES string of the molecule is CCN(CC)CCN(Cc1cccs1)C(=O)Nc1cc(C)cc(C)c1. The topological polar surface area (TPSA) is 35.6 Å². The molecule has 0 fully saturated rings. The molecule has 4 nitrogen and oxygen atoms in total. The molecule has 0 radical (unpaired) electrons. The van der Waals surface area contributed by atoms with E-state index in [0.717, 1.165) is 43.0 Å². The van der Waals surface area contributed by atoms with Crippen LogP contribution in [0.25, 0.3) is 0 Å². The molecule has 5 heteroatoms. The molecule has 25 heavy (non-hydrogen) atoms. The van der Waals surface area contributed by atoms with E-state index in [1.54, 1.807) is 11.3 Å². The Bertz CT molecular complexity index is 645. The maximum Gasteiger partial charge on any atom is 0.322 e. The summed E-state index contributed by atoms with van der Waals surface area (Å²) in [6.45, 7) is 12.7. The molecule has 2 rings (SSSR count). The van der Waals surface area contributed by atoms with Gasteiger partial charge in [-0.1, -0.05) is 26.0 Å². The second-order valence-corrected chi connectivity index (χ2v) is 7.37. The Morgan fingerprint density at radius 1 is 1.08 bits per heavy atom. The fourth-order valence-electron chi connectivity index (χ4n) is 2.89. The highest BCUT2D eigenvalue weighted by Crippen LogP contribution is 2.16. The Morgan fingerprint density at radius 3 is 2.32 bits per heavy atom. The highest BCUT2D eigenvalue weighted by Gasteiger charge is 2.16. The van der Waals surface area contributed by atoms with E-state index in [4.69, 9.17) is 0 Å². The maximum atomic E-state index is 12.9. The van der Waals surface area contributed by atoms with Gasteiger partial charge < -0.3 is 15.1 Å². The van der Waals surface area contributed by atoms with Crippen LogP contribution < -0.4 is 5.32 Å². The van der Waals surface area contributed by atoms with Crippen molar-refractivity contribution in [1.29, 1.82) is 0 Å². The van der Waals surface area contributed by atoms with Crippen molar-refractivity contribution >= 4 is 23.1 Å². The van der Waals surface area contributed by atoms with E-state index in [9.17, 15) is 4.79 Å². The Kier molecular flexibility index (Phi) is 7.47. The number of thiophene rings is 1. The number of benzene rings is 1. The zero-order valence-corrected chi connectivity index (χ0v) is 16.5. The lowest BCUT2D eigenvalue weighted by molar-refractivity contribution is 0.195. The Morgan fingerprint density at radius 2 is 1.76 bits per heavy atom. The smallest absolute Gasteiger partial charge is 0.318 e. The summed E-state index contributed by atoms with van der Waals surface area (Å²) in [5, 5.41) is 5.12. The molecule has 0 aliphatic carbocycles. The minimum absolute atomic E-state index is 0.0365. The quantitative estimate of drug-likeness (QED) is 0.739. The van der Waals surface area contributed by atoms with Crippen molar-refractivity contribution in [2.45, 2.75) is 34.2 Å². The second kappa shape index (κ2) is 9.59. The zero-order valence-electron chi connectivity index (χ0n) is 15.7. The molecule has 1 N–H and O–H groups in total. The van der Waals surface area contributed by atoms with E-state index in [-0.39, 0.29) is 6.03 Å². The van der Waals surface area contributed by atoms with Crippen molar-refractivity contribution in [2.24, 2.45) is 0 Å². The lowest BCUT2D eigenvalue weighted by Gasteiger charge is -2.26. The summed E-state index contributed by atoms with van der Waals surface area (Å²) in [6.07, 6.45) is 0. The van der Waals surface area contributed by atoms with Gasteiger partial charge in [-0.05, 0) is 61.6 Å². The summed E-state index contributed by atoms with van der Waals surface area (Å²) in [7, 11) is 0. The van der Waals surface area contributed by atoms with Crippen molar-refractivity contribution in [2.75, 3.05) is 31.5 Å². The van der Waals surface area contributed by atoms with Gasteiger partial charge in [0.15, 0.2) is 0 Å². The van der Waals surface area contributed by atoms with Crippen molar-refractivity contribution in [3.63, 3.8) is 0 Å². The van der Waals surface area contributed by atoms with E-state index in [1.165, 1.54) is 4.88 Å². The lowest BCUT2D eigenvalue weighted by atomic mass is 10.1. The molecule has 1 aromatic carbocycles. The summed E-state index contributed by atoms with van der Waals surface area (Å²) in [5.74, 6) is 0. The molecule has 0 saturated carbocycles. The molecular weight excluding hydrogens is 330 g/mol. The van der Waals surface area contributed by atoms with Gasteiger partial charge in [0.25, 0.3) is 0 Å². The van der Waals surface area contributed by atoms with Crippen LogP contribution in [-0.4, -0.2) is 42.0 Å². The molecule has 0 atom stereocenters. The van der Waals surface area contributed by atoms with Crippen molar-refractivity contribution in [1.82, 2.24) is 9.80 Å². The fourth-order valence-corrected chi connectivity index (χ4v) is 3.61. The molecule has 0 saturated heterocycles. The van der Waals surface area contributed by atoms with Crippen LogP contribution in [0.5, 0.6) is 0 Å². The number of carbonyl (C=O) groups excluding carboxylic acids is 1. The first-order chi connectivity index (χ1) is 12.0. The third-order valence-electron chi connectivity index (χ3n) is 4.27. The maximum absolute atomic E-state index is 12.9. The fraction of sp³-hybridized carbons (Fsp3) is 0.450. The molecule has 0 aliphatic rings. The largest absolute Gasteiger partial charge is 0.322 e. The first kappa shape index (κ1) is 19.5. The highest BCUT2D eigenvalue weighted by atomic mass is 32.1. The number of likely N-dealkylation sites (N-methyl/N-ethyl adjacent to an activating group) is 1. The van der Waals surface area contributed by atoms with E-state index in [1.807, 2.05) is 36.9 Å². The van der Waals surface area contributed by atoms with Crippen LogP contribution in [0.1, 0.15) is 29.9 Å². The number of nitrogens with one attached hydrogen (secondary N) is 1. The van der Waals surface area contributed by atoms with Crippen LogP contribution in [0.3, 0.4) is 0 Å². The third kappa shape index (κ3) is 6.18. The van der Waals surface area contributed by atoms with Gasteiger partial charge in [-0.3, -0.25) is 0 Å². The highest BCUT2D eigenvalue weighted by molar-refractivity contribution is 7.09.